The molecule has 200 valence electrons. The predicted molar refractivity (Wildman–Crippen MR) is 147 cm³/mol. The molecule has 0 bridgehead atoms. The van der Waals surface area contributed by atoms with Crippen molar-refractivity contribution in [1.29, 1.82) is 0 Å². The topological polar surface area (TPSA) is 69.9 Å². The molecule has 0 unspecified atom stereocenters. The van der Waals surface area contributed by atoms with Crippen molar-refractivity contribution in [3.8, 4) is 16.9 Å². The highest BCUT2D eigenvalue weighted by molar-refractivity contribution is 5.98. The average Bonchev–Trinajstić information content (AvgIpc) is 3.10. The molecular formula is C31H41NO5. The first-order chi connectivity index (χ1) is 17.3. The molecule has 37 heavy (non-hydrogen) atoms. The molecule has 0 spiro atoms. The first-order valence-corrected chi connectivity index (χ1v) is 13.3. The van der Waals surface area contributed by atoms with Crippen LogP contribution in [0.15, 0.2) is 48.5 Å². The van der Waals surface area contributed by atoms with Crippen molar-refractivity contribution >= 4 is 16.9 Å². The van der Waals surface area contributed by atoms with Gasteiger partial charge in [0.05, 0.1) is 18.6 Å². The molecule has 4 rings (SSSR count). The summed E-state index contributed by atoms with van der Waals surface area (Å²) in [5.41, 5.74) is 4.21. The van der Waals surface area contributed by atoms with E-state index in [2.05, 4.69) is 42.7 Å². The number of aromatic hydroxyl groups is 1. The molecule has 1 saturated heterocycles. The molecule has 0 saturated carbocycles. The van der Waals surface area contributed by atoms with Gasteiger partial charge in [-0.25, -0.2) is 0 Å². The molecule has 1 N–H and O–H groups in total. The zero-order valence-corrected chi connectivity index (χ0v) is 23.2. The fourth-order valence-corrected chi connectivity index (χ4v) is 5.49. The predicted octanol–water partition coefficient (Wildman–Crippen LogP) is 7.17. The Labute approximate surface area is 220 Å². The van der Waals surface area contributed by atoms with Crippen LogP contribution in [0, 0.1) is 0 Å². The molecule has 1 aliphatic rings. The second kappa shape index (κ2) is 10.5. The average molecular weight is 508 g/mol. The Bertz CT molecular complexity index is 1230. The molecule has 2 aromatic carbocycles. The summed E-state index contributed by atoms with van der Waals surface area (Å²) in [6.07, 6.45) is 2.15. The Morgan fingerprint density at radius 2 is 1.73 bits per heavy atom. The van der Waals surface area contributed by atoms with Gasteiger partial charge in [-0.1, -0.05) is 30.3 Å². The molecule has 1 aromatic heterocycles. The molecular weight excluding hydrogens is 466 g/mol. The lowest BCUT2D eigenvalue weighted by Gasteiger charge is -2.41. The fourth-order valence-electron chi connectivity index (χ4n) is 5.49. The molecule has 3 aromatic rings. The minimum absolute atomic E-state index is 0.0533. The molecule has 2 atom stereocenters. The summed E-state index contributed by atoms with van der Waals surface area (Å²) in [6, 6.07) is 16.2. The van der Waals surface area contributed by atoms with Gasteiger partial charge in [0, 0.05) is 34.6 Å². The summed E-state index contributed by atoms with van der Waals surface area (Å²) in [6.45, 7) is 13.9. The Balaban J connectivity index is 1.62. The SMILES string of the molecule is CC(C)n1c(CC[C@@H]2C[C@H](CC(=O)OC(C)(C)C)OC(C)(C)O2)c(-c2ccc(O)cc2)c2ccccc21. The van der Waals surface area contributed by atoms with Gasteiger partial charge in [0.15, 0.2) is 5.79 Å². The number of ether oxygens (including phenoxy) is 3. The van der Waals surface area contributed by atoms with Crippen LogP contribution in [0.5, 0.6) is 5.75 Å². The number of carbonyl (C=O) groups excluding carboxylic acids is 1. The number of phenolic OH excluding ortho intramolecular Hbond substituents is 1. The minimum Gasteiger partial charge on any atom is -0.508 e. The number of phenols is 1. The molecule has 1 fully saturated rings. The van der Waals surface area contributed by atoms with Gasteiger partial charge < -0.3 is 23.9 Å². The molecule has 0 amide bonds. The number of hydrogen-bond acceptors (Lipinski definition) is 5. The lowest BCUT2D eigenvalue weighted by atomic mass is 9.96. The first-order valence-electron chi connectivity index (χ1n) is 13.3. The quantitative estimate of drug-likeness (QED) is 0.343. The van der Waals surface area contributed by atoms with Crippen molar-refractivity contribution in [2.45, 2.75) is 104 Å². The van der Waals surface area contributed by atoms with E-state index in [1.54, 1.807) is 12.1 Å². The number of nitrogens with zero attached hydrogens (tertiary/aromatic N) is 1. The van der Waals surface area contributed by atoms with E-state index in [0.717, 1.165) is 18.4 Å². The zero-order valence-electron chi connectivity index (χ0n) is 23.2. The number of rotatable bonds is 7. The van der Waals surface area contributed by atoms with Crippen LogP contribution < -0.4 is 0 Å². The Hall–Kier alpha value is -2.83. The summed E-state index contributed by atoms with van der Waals surface area (Å²) >= 11 is 0. The van der Waals surface area contributed by atoms with E-state index in [-0.39, 0.29) is 36.4 Å². The Morgan fingerprint density at radius 3 is 2.38 bits per heavy atom. The van der Waals surface area contributed by atoms with Gasteiger partial charge in [0.1, 0.15) is 11.4 Å². The summed E-state index contributed by atoms with van der Waals surface area (Å²) in [5, 5.41) is 11.1. The maximum absolute atomic E-state index is 12.5. The van der Waals surface area contributed by atoms with E-state index in [9.17, 15) is 9.90 Å². The Morgan fingerprint density at radius 1 is 1.08 bits per heavy atom. The molecule has 1 aliphatic heterocycles. The summed E-state index contributed by atoms with van der Waals surface area (Å²) in [7, 11) is 0. The molecule has 2 heterocycles. The van der Waals surface area contributed by atoms with E-state index in [1.807, 2.05) is 46.8 Å². The van der Waals surface area contributed by atoms with Crippen LogP contribution in [0.2, 0.25) is 0 Å². The fraction of sp³-hybridized carbons (Fsp3) is 0.516. The molecule has 6 heteroatoms. The molecule has 6 nitrogen and oxygen atoms in total. The normalized spacial score (nSPS) is 19.9. The third-order valence-corrected chi connectivity index (χ3v) is 6.63. The lowest BCUT2D eigenvalue weighted by Crippen LogP contribution is -2.45. The number of aromatic nitrogens is 1. The van der Waals surface area contributed by atoms with Crippen molar-refractivity contribution in [2.24, 2.45) is 0 Å². The van der Waals surface area contributed by atoms with Gasteiger partial charge >= 0.3 is 5.97 Å². The zero-order chi connectivity index (χ0) is 27.0. The first kappa shape index (κ1) is 27.2. The van der Waals surface area contributed by atoms with E-state index >= 15 is 0 Å². The van der Waals surface area contributed by atoms with Crippen LogP contribution >= 0.6 is 0 Å². The molecule has 0 aliphatic carbocycles. The van der Waals surface area contributed by atoms with Gasteiger partial charge in [0.2, 0.25) is 0 Å². The maximum atomic E-state index is 12.5. The van der Waals surface area contributed by atoms with E-state index < -0.39 is 11.4 Å². The Kier molecular flexibility index (Phi) is 7.72. The van der Waals surface area contributed by atoms with Gasteiger partial charge in [-0.2, -0.15) is 0 Å². The van der Waals surface area contributed by atoms with Crippen LogP contribution in [0.1, 0.15) is 79.5 Å². The van der Waals surface area contributed by atoms with Gasteiger partial charge in [0.25, 0.3) is 0 Å². The van der Waals surface area contributed by atoms with Crippen molar-refractivity contribution in [1.82, 2.24) is 4.57 Å². The van der Waals surface area contributed by atoms with Crippen LogP contribution in [0.3, 0.4) is 0 Å². The van der Waals surface area contributed by atoms with Crippen LogP contribution in [0.25, 0.3) is 22.0 Å². The largest absolute Gasteiger partial charge is 0.508 e. The monoisotopic (exact) mass is 507 g/mol. The number of hydrogen-bond donors (Lipinski definition) is 1. The number of para-hydroxylation sites is 1. The summed E-state index contributed by atoms with van der Waals surface area (Å²) < 4.78 is 20.4. The highest BCUT2D eigenvalue weighted by Crippen LogP contribution is 2.39. The van der Waals surface area contributed by atoms with Crippen LogP contribution in [0.4, 0.5) is 0 Å². The summed E-state index contributed by atoms with van der Waals surface area (Å²) in [4.78, 5) is 12.5. The second-order valence-electron chi connectivity index (χ2n) is 11.8. The second-order valence-corrected chi connectivity index (χ2v) is 11.8. The van der Waals surface area contributed by atoms with Gasteiger partial charge in [-0.05, 0) is 85.1 Å². The maximum Gasteiger partial charge on any atom is 0.308 e. The van der Waals surface area contributed by atoms with Crippen molar-refractivity contribution in [2.75, 3.05) is 0 Å². The third kappa shape index (κ3) is 6.55. The number of fused-ring (bicyclic) bond motifs is 1. The van der Waals surface area contributed by atoms with E-state index in [0.29, 0.717) is 6.42 Å². The lowest BCUT2D eigenvalue weighted by molar-refractivity contribution is -0.300. The van der Waals surface area contributed by atoms with Crippen molar-refractivity contribution < 1.29 is 24.1 Å². The number of benzene rings is 2. The third-order valence-electron chi connectivity index (χ3n) is 6.63. The van der Waals surface area contributed by atoms with Crippen molar-refractivity contribution in [3.63, 3.8) is 0 Å². The van der Waals surface area contributed by atoms with Crippen molar-refractivity contribution in [3.05, 3.63) is 54.2 Å². The standard InChI is InChI=1S/C31H41NO5/c1-20(2)32-26-11-9-8-10-25(26)29(21-12-14-22(33)15-13-21)27(32)17-16-23-18-24(36-31(6,7)35-23)19-28(34)37-30(3,4)5/h8-15,20,23-24,33H,16-19H2,1-7H3/t23-,24-/m1/s1. The van der Waals surface area contributed by atoms with E-state index in [1.165, 1.54) is 22.2 Å². The van der Waals surface area contributed by atoms with Crippen LogP contribution in [-0.4, -0.2) is 39.2 Å². The smallest absolute Gasteiger partial charge is 0.308 e. The molecule has 0 radical (unpaired) electrons. The van der Waals surface area contributed by atoms with Gasteiger partial charge in [-0.15, -0.1) is 0 Å². The van der Waals surface area contributed by atoms with E-state index in [4.69, 9.17) is 14.2 Å². The minimum atomic E-state index is -0.778. The summed E-state index contributed by atoms with van der Waals surface area (Å²) in [5.74, 6) is -0.768. The number of esters is 1. The number of carbonyl (C=O) groups is 1. The van der Waals surface area contributed by atoms with Gasteiger partial charge in [-0.3, -0.25) is 4.79 Å². The highest BCUT2D eigenvalue weighted by atomic mass is 16.7. The highest BCUT2D eigenvalue weighted by Gasteiger charge is 2.37. The van der Waals surface area contributed by atoms with Crippen LogP contribution in [-0.2, 0) is 25.4 Å².